The summed E-state index contributed by atoms with van der Waals surface area (Å²) in [5, 5.41) is 0.608. The first kappa shape index (κ1) is 26.3. The van der Waals surface area contributed by atoms with Crippen LogP contribution in [0.15, 0.2) is 119 Å². The molecular weight excluding hydrogens is 498 g/mol. The summed E-state index contributed by atoms with van der Waals surface area (Å²) >= 11 is 6.59. The van der Waals surface area contributed by atoms with Gasteiger partial charge >= 0.3 is 0 Å². The highest BCUT2D eigenvalue weighted by Gasteiger charge is 2.16. The van der Waals surface area contributed by atoms with Crippen LogP contribution in [0.3, 0.4) is 0 Å². The SMILES string of the molecule is Cc1cc(C)c(N=C(c2ccccc2)c2cccc(C(=Nc3c(C)cccc3Cl)c3ccccc3)n2)c(C)c1. The van der Waals surface area contributed by atoms with Crippen LogP contribution in [0.5, 0.6) is 0 Å². The molecule has 0 N–H and O–H groups in total. The Kier molecular flexibility index (Phi) is 7.81. The smallest absolute Gasteiger partial charge is 0.0966 e. The maximum atomic E-state index is 6.59. The Bertz CT molecular complexity index is 1640. The lowest BCUT2D eigenvalue weighted by atomic mass is 10.0. The van der Waals surface area contributed by atoms with E-state index in [0.717, 1.165) is 62.0 Å². The van der Waals surface area contributed by atoms with Gasteiger partial charge in [-0.1, -0.05) is 108 Å². The molecule has 5 rings (SSSR count). The average Bonchev–Trinajstić information content (AvgIpc) is 2.93. The van der Waals surface area contributed by atoms with Gasteiger partial charge in [-0.3, -0.25) is 0 Å². The Labute approximate surface area is 235 Å². The van der Waals surface area contributed by atoms with Crippen LogP contribution in [0.1, 0.15) is 44.8 Å². The molecule has 1 aromatic heterocycles. The summed E-state index contributed by atoms with van der Waals surface area (Å²) < 4.78 is 0. The van der Waals surface area contributed by atoms with E-state index in [4.69, 9.17) is 26.6 Å². The molecule has 5 aromatic rings. The van der Waals surface area contributed by atoms with Crippen molar-refractivity contribution in [2.24, 2.45) is 9.98 Å². The van der Waals surface area contributed by atoms with Gasteiger partial charge in [0.2, 0.25) is 0 Å². The van der Waals surface area contributed by atoms with Crippen molar-refractivity contribution >= 4 is 34.4 Å². The second-order valence-electron chi connectivity index (χ2n) is 9.71. The van der Waals surface area contributed by atoms with Gasteiger partial charge in [0, 0.05) is 11.1 Å². The zero-order chi connectivity index (χ0) is 27.4. The number of halogens is 1. The van der Waals surface area contributed by atoms with Gasteiger partial charge in [-0.2, -0.15) is 0 Å². The summed E-state index contributed by atoms with van der Waals surface area (Å²) in [5.41, 5.74) is 11.3. The third-order valence-electron chi connectivity index (χ3n) is 6.60. The maximum Gasteiger partial charge on any atom is 0.0966 e. The molecule has 0 bridgehead atoms. The molecule has 0 aliphatic carbocycles. The van der Waals surface area contributed by atoms with Crippen LogP contribution in [-0.4, -0.2) is 16.4 Å². The van der Waals surface area contributed by atoms with E-state index < -0.39 is 0 Å². The van der Waals surface area contributed by atoms with Crippen molar-refractivity contribution in [1.82, 2.24) is 4.98 Å². The zero-order valence-electron chi connectivity index (χ0n) is 22.6. The predicted molar refractivity (Wildman–Crippen MR) is 165 cm³/mol. The summed E-state index contributed by atoms with van der Waals surface area (Å²) in [4.78, 5) is 15.4. The van der Waals surface area contributed by atoms with Crippen molar-refractivity contribution in [3.63, 3.8) is 0 Å². The summed E-state index contributed by atoms with van der Waals surface area (Å²) in [6.07, 6.45) is 0. The fourth-order valence-corrected chi connectivity index (χ4v) is 5.03. The molecule has 0 saturated heterocycles. The summed E-state index contributed by atoms with van der Waals surface area (Å²) in [5.74, 6) is 0. The predicted octanol–water partition coefficient (Wildman–Crippen LogP) is 9.31. The van der Waals surface area contributed by atoms with Gasteiger partial charge in [-0.25, -0.2) is 15.0 Å². The molecule has 0 radical (unpaired) electrons. The fourth-order valence-electron chi connectivity index (χ4n) is 4.77. The molecule has 0 spiro atoms. The second kappa shape index (κ2) is 11.6. The highest BCUT2D eigenvalue weighted by molar-refractivity contribution is 6.33. The highest BCUT2D eigenvalue weighted by Crippen LogP contribution is 2.31. The van der Waals surface area contributed by atoms with Crippen molar-refractivity contribution in [1.29, 1.82) is 0 Å². The molecule has 192 valence electrons. The van der Waals surface area contributed by atoms with Crippen LogP contribution in [0.4, 0.5) is 11.4 Å². The average molecular weight is 528 g/mol. The van der Waals surface area contributed by atoms with Crippen LogP contribution >= 0.6 is 11.6 Å². The summed E-state index contributed by atoms with van der Waals surface area (Å²) in [6.45, 7) is 8.35. The van der Waals surface area contributed by atoms with Gasteiger partial charge in [0.05, 0.1) is 39.2 Å². The Morgan fingerprint density at radius 1 is 0.538 bits per heavy atom. The van der Waals surface area contributed by atoms with E-state index in [1.54, 1.807) is 0 Å². The molecule has 4 heteroatoms. The van der Waals surface area contributed by atoms with Crippen LogP contribution < -0.4 is 0 Å². The number of aryl methyl sites for hydroxylation is 4. The summed E-state index contributed by atoms with van der Waals surface area (Å²) in [6, 6.07) is 36.5. The Hall–Kier alpha value is -4.34. The Balaban J connectivity index is 1.72. The van der Waals surface area contributed by atoms with Crippen LogP contribution in [0, 0.1) is 27.7 Å². The summed E-state index contributed by atoms with van der Waals surface area (Å²) in [7, 11) is 0. The number of hydrogen-bond acceptors (Lipinski definition) is 3. The van der Waals surface area contributed by atoms with E-state index >= 15 is 0 Å². The number of aromatic nitrogens is 1. The molecule has 0 amide bonds. The van der Waals surface area contributed by atoms with E-state index in [0.29, 0.717) is 5.02 Å². The maximum absolute atomic E-state index is 6.59. The van der Waals surface area contributed by atoms with E-state index in [1.807, 2.05) is 91.9 Å². The molecule has 4 aromatic carbocycles. The Morgan fingerprint density at radius 2 is 1.03 bits per heavy atom. The van der Waals surface area contributed by atoms with Crippen LogP contribution in [0.25, 0.3) is 0 Å². The first-order valence-corrected chi connectivity index (χ1v) is 13.4. The van der Waals surface area contributed by atoms with Gasteiger partial charge in [0.1, 0.15) is 0 Å². The van der Waals surface area contributed by atoms with Crippen LogP contribution in [0.2, 0.25) is 5.02 Å². The van der Waals surface area contributed by atoms with Crippen molar-refractivity contribution < 1.29 is 0 Å². The monoisotopic (exact) mass is 527 g/mol. The van der Waals surface area contributed by atoms with Crippen molar-refractivity contribution in [3.05, 3.63) is 159 Å². The van der Waals surface area contributed by atoms with Crippen LogP contribution in [-0.2, 0) is 0 Å². The molecule has 3 nitrogen and oxygen atoms in total. The standard InChI is InChI=1S/C35H30ClN3/c1-23-21-25(3)32(26(4)22-23)38-34(27-14-7-5-8-15-27)30-19-12-20-31(37-30)35(28-16-9-6-10-17-28)39-33-24(2)13-11-18-29(33)36/h5-22H,1-4H3. The second-order valence-corrected chi connectivity index (χ2v) is 10.1. The first-order valence-electron chi connectivity index (χ1n) is 13.0. The number of rotatable bonds is 6. The quantitative estimate of drug-likeness (QED) is 0.203. The van der Waals surface area contributed by atoms with E-state index in [9.17, 15) is 0 Å². The lowest BCUT2D eigenvalue weighted by Gasteiger charge is -2.13. The van der Waals surface area contributed by atoms with E-state index in [1.165, 1.54) is 5.56 Å². The topological polar surface area (TPSA) is 37.6 Å². The number of benzene rings is 4. The lowest BCUT2D eigenvalue weighted by Crippen LogP contribution is -2.12. The molecule has 0 aliphatic heterocycles. The normalized spacial score (nSPS) is 12.0. The van der Waals surface area contributed by atoms with Gasteiger partial charge in [0.25, 0.3) is 0 Å². The van der Waals surface area contributed by atoms with Crippen molar-refractivity contribution in [2.75, 3.05) is 0 Å². The van der Waals surface area contributed by atoms with Crippen molar-refractivity contribution in [3.8, 4) is 0 Å². The van der Waals surface area contributed by atoms with Gasteiger partial charge in [0.15, 0.2) is 0 Å². The zero-order valence-corrected chi connectivity index (χ0v) is 23.4. The molecule has 1 heterocycles. The van der Waals surface area contributed by atoms with Gasteiger partial charge in [-0.15, -0.1) is 0 Å². The fraction of sp³-hybridized carbons (Fsp3) is 0.114. The number of aliphatic imine (C=N–C) groups is 2. The van der Waals surface area contributed by atoms with Gasteiger partial charge in [-0.05, 0) is 62.6 Å². The molecule has 0 atom stereocenters. The number of pyridine rings is 1. The minimum absolute atomic E-state index is 0.608. The number of hydrogen-bond donors (Lipinski definition) is 0. The van der Waals surface area contributed by atoms with E-state index in [2.05, 4.69) is 45.0 Å². The minimum Gasteiger partial charge on any atom is -0.246 e. The first-order chi connectivity index (χ1) is 18.9. The van der Waals surface area contributed by atoms with Crippen molar-refractivity contribution in [2.45, 2.75) is 27.7 Å². The minimum atomic E-state index is 0.608. The largest absolute Gasteiger partial charge is 0.246 e. The molecular formula is C35H30ClN3. The molecule has 0 aliphatic rings. The highest BCUT2D eigenvalue weighted by atomic mass is 35.5. The molecule has 0 fully saturated rings. The number of nitrogens with zero attached hydrogens (tertiary/aromatic N) is 3. The molecule has 0 unspecified atom stereocenters. The molecule has 0 saturated carbocycles. The third kappa shape index (κ3) is 5.89. The lowest BCUT2D eigenvalue weighted by molar-refractivity contribution is 1.23. The number of para-hydroxylation sites is 1. The Morgan fingerprint density at radius 3 is 1.54 bits per heavy atom. The third-order valence-corrected chi connectivity index (χ3v) is 6.90. The molecule has 39 heavy (non-hydrogen) atoms. The van der Waals surface area contributed by atoms with Gasteiger partial charge < -0.3 is 0 Å². The van der Waals surface area contributed by atoms with E-state index in [-0.39, 0.29) is 0 Å².